The van der Waals surface area contributed by atoms with Crippen molar-refractivity contribution in [2.75, 3.05) is 0 Å². The number of pyridine rings is 2. The molecular formula is C18H25FN2O. The fourth-order valence-electron chi connectivity index (χ4n) is 3.09. The highest BCUT2D eigenvalue weighted by molar-refractivity contribution is 5.77. The lowest BCUT2D eigenvalue weighted by atomic mass is 9.92. The van der Waals surface area contributed by atoms with E-state index in [-0.39, 0.29) is 23.3 Å². The van der Waals surface area contributed by atoms with Crippen LogP contribution >= 0.6 is 0 Å². The fraction of sp³-hybridized carbons (Fsp3) is 0.556. The summed E-state index contributed by atoms with van der Waals surface area (Å²) < 4.78 is 16.0. The van der Waals surface area contributed by atoms with Gasteiger partial charge in [0.05, 0.1) is 11.1 Å². The maximum absolute atomic E-state index is 13.9. The Morgan fingerprint density at radius 1 is 1.09 bits per heavy atom. The van der Waals surface area contributed by atoms with Gasteiger partial charge in [-0.2, -0.15) is 0 Å². The van der Waals surface area contributed by atoms with Crippen LogP contribution in [0.25, 0.3) is 11.0 Å². The van der Waals surface area contributed by atoms with Gasteiger partial charge in [-0.1, -0.05) is 27.7 Å². The monoisotopic (exact) mass is 304 g/mol. The largest absolute Gasteiger partial charge is 0.326 e. The molecule has 0 aliphatic heterocycles. The molecule has 0 saturated heterocycles. The summed E-state index contributed by atoms with van der Waals surface area (Å²) in [6, 6.07) is 1.49. The van der Waals surface area contributed by atoms with Gasteiger partial charge >= 0.3 is 0 Å². The van der Waals surface area contributed by atoms with Gasteiger partial charge in [-0.3, -0.25) is 4.79 Å². The van der Waals surface area contributed by atoms with E-state index in [0.717, 1.165) is 11.3 Å². The zero-order valence-electron chi connectivity index (χ0n) is 14.5. The summed E-state index contributed by atoms with van der Waals surface area (Å²) in [6.07, 6.45) is 0. The third kappa shape index (κ3) is 2.55. The lowest BCUT2D eigenvalue weighted by Crippen LogP contribution is -2.25. The van der Waals surface area contributed by atoms with E-state index in [1.165, 1.54) is 6.07 Å². The Kier molecular flexibility index (Phi) is 4.41. The number of aromatic nitrogens is 2. The predicted octanol–water partition coefficient (Wildman–Crippen LogP) is 4.67. The van der Waals surface area contributed by atoms with Crippen molar-refractivity contribution in [2.24, 2.45) is 0 Å². The van der Waals surface area contributed by atoms with Gasteiger partial charge in [0.1, 0.15) is 11.5 Å². The molecule has 0 amide bonds. The first-order valence-corrected chi connectivity index (χ1v) is 7.91. The minimum absolute atomic E-state index is 0.0861. The Hall–Kier alpha value is -1.71. The number of hydrogen-bond donors (Lipinski definition) is 0. The summed E-state index contributed by atoms with van der Waals surface area (Å²) in [7, 11) is 0. The van der Waals surface area contributed by atoms with Gasteiger partial charge in [0, 0.05) is 17.3 Å². The Morgan fingerprint density at radius 2 is 1.68 bits per heavy atom. The zero-order chi connectivity index (χ0) is 16.8. The van der Waals surface area contributed by atoms with Gasteiger partial charge in [0.15, 0.2) is 5.43 Å². The SMILES string of the molecule is Cc1nc2c(cc1F)c(=O)c(C(C)C)c(C(C)C)n2C(C)C. The fourth-order valence-corrected chi connectivity index (χ4v) is 3.09. The number of aryl methyl sites for hydroxylation is 1. The second-order valence-corrected chi connectivity index (χ2v) is 6.83. The van der Waals surface area contributed by atoms with E-state index in [1.807, 2.05) is 13.8 Å². The summed E-state index contributed by atoms with van der Waals surface area (Å²) in [5, 5.41) is 0.380. The first-order chi connectivity index (χ1) is 10.2. The van der Waals surface area contributed by atoms with E-state index < -0.39 is 5.82 Å². The van der Waals surface area contributed by atoms with Crippen molar-refractivity contribution >= 4 is 11.0 Å². The van der Waals surface area contributed by atoms with Gasteiger partial charge < -0.3 is 4.57 Å². The van der Waals surface area contributed by atoms with Gasteiger partial charge in [0.2, 0.25) is 0 Å². The molecule has 22 heavy (non-hydrogen) atoms. The highest BCUT2D eigenvalue weighted by atomic mass is 19.1. The standard InChI is InChI=1S/C18H25FN2O/c1-9(2)15-16(10(3)4)21(11(5)6)18-13(17(15)22)8-14(19)12(7)20-18/h8-11H,1-7H3. The van der Waals surface area contributed by atoms with E-state index in [2.05, 4.69) is 37.2 Å². The topological polar surface area (TPSA) is 34.9 Å². The predicted molar refractivity (Wildman–Crippen MR) is 89.3 cm³/mol. The first-order valence-electron chi connectivity index (χ1n) is 7.91. The van der Waals surface area contributed by atoms with Crippen LogP contribution in [0.5, 0.6) is 0 Å². The van der Waals surface area contributed by atoms with E-state index in [9.17, 15) is 9.18 Å². The molecule has 2 aromatic rings. The molecule has 0 bridgehead atoms. The molecule has 0 aliphatic carbocycles. The minimum Gasteiger partial charge on any atom is -0.326 e. The van der Waals surface area contributed by atoms with Crippen LogP contribution in [-0.4, -0.2) is 9.55 Å². The van der Waals surface area contributed by atoms with E-state index in [0.29, 0.717) is 16.7 Å². The Balaban J connectivity index is 3.14. The smallest absolute Gasteiger partial charge is 0.194 e. The molecule has 0 aliphatic rings. The number of hydrogen-bond acceptors (Lipinski definition) is 2. The molecule has 2 heterocycles. The molecule has 0 atom stereocenters. The van der Waals surface area contributed by atoms with Crippen molar-refractivity contribution in [3.05, 3.63) is 39.1 Å². The Bertz CT molecular complexity index is 773. The van der Waals surface area contributed by atoms with Gasteiger partial charge in [0.25, 0.3) is 0 Å². The minimum atomic E-state index is -0.424. The van der Waals surface area contributed by atoms with Crippen LogP contribution in [0, 0.1) is 12.7 Å². The highest BCUT2D eigenvalue weighted by Gasteiger charge is 2.24. The van der Waals surface area contributed by atoms with E-state index in [4.69, 9.17) is 0 Å². The molecule has 0 saturated carbocycles. The van der Waals surface area contributed by atoms with Crippen LogP contribution in [0.4, 0.5) is 4.39 Å². The first kappa shape index (κ1) is 16.7. The van der Waals surface area contributed by atoms with Crippen LogP contribution in [0.3, 0.4) is 0 Å². The second-order valence-electron chi connectivity index (χ2n) is 6.83. The number of nitrogens with zero attached hydrogens (tertiary/aromatic N) is 2. The number of fused-ring (bicyclic) bond motifs is 1. The van der Waals surface area contributed by atoms with Crippen LogP contribution in [0.15, 0.2) is 10.9 Å². The van der Waals surface area contributed by atoms with Crippen molar-refractivity contribution < 1.29 is 4.39 Å². The summed E-state index contributed by atoms with van der Waals surface area (Å²) >= 11 is 0. The molecule has 0 fully saturated rings. The molecule has 120 valence electrons. The van der Waals surface area contributed by atoms with Gasteiger partial charge in [-0.05, 0) is 38.7 Å². The summed E-state index contributed by atoms with van der Waals surface area (Å²) in [5.74, 6) is -0.139. The van der Waals surface area contributed by atoms with E-state index in [1.54, 1.807) is 6.92 Å². The number of rotatable bonds is 3. The zero-order valence-corrected chi connectivity index (χ0v) is 14.5. The van der Waals surface area contributed by atoms with Crippen molar-refractivity contribution in [3.63, 3.8) is 0 Å². The van der Waals surface area contributed by atoms with E-state index >= 15 is 0 Å². The maximum Gasteiger partial charge on any atom is 0.194 e. The summed E-state index contributed by atoms with van der Waals surface area (Å²) in [5.41, 5.74) is 2.62. The van der Waals surface area contributed by atoms with Crippen LogP contribution < -0.4 is 5.43 Å². The normalized spacial score (nSPS) is 12.1. The summed E-state index contributed by atoms with van der Waals surface area (Å²) in [6.45, 7) is 14.0. The quantitative estimate of drug-likeness (QED) is 0.825. The second kappa shape index (κ2) is 5.82. The molecule has 0 unspecified atom stereocenters. The lowest BCUT2D eigenvalue weighted by Gasteiger charge is -2.26. The Morgan fingerprint density at radius 3 is 2.14 bits per heavy atom. The van der Waals surface area contributed by atoms with Gasteiger partial charge in [-0.15, -0.1) is 0 Å². The number of halogens is 1. The molecule has 0 aromatic carbocycles. The van der Waals surface area contributed by atoms with Crippen molar-refractivity contribution in [1.82, 2.24) is 9.55 Å². The van der Waals surface area contributed by atoms with Crippen LogP contribution in [0.1, 0.15) is 76.4 Å². The Labute approximate surface area is 131 Å². The highest BCUT2D eigenvalue weighted by Crippen LogP contribution is 2.30. The molecule has 0 spiro atoms. The van der Waals surface area contributed by atoms with Crippen LogP contribution in [0.2, 0.25) is 0 Å². The average Bonchev–Trinajstić information content (AvgIpc) is 2.39. The van der Waals surface area contributed by atoms with Crippen LogP contribution in [-0.2, 0) is 0 Å². The third-order valence-corrected chi connectivity index (χ3v) is 4.02. The summed E-state index contributed by atoms with van der Waals surface area (Å²) in [4.78, 5) is 17.3. The molecular weight excluding hydrogens is 279 g/mol. The molecule has 2 rings (SSSR count). The lowest BCUT2D eigenvalue weighted by molar-refractivity contribution is 0.550. The molecule has 4 heteroatoms. The third-order valence-electron chi connectivity index (χ3n) is 4.02. The van der Waals surface area contributed by atoms with Gasteiger partial charge in [-0.25, -0.2) is 9.37 Å². The molecule has 0 radical (unpaired) electrons. The molecule has 2 aromatic heterocycles. The average molecular weight is 304 g/mol. The van der Waals surface area contributed by atoms with Crippen molar-refractivity contribution in [1.29, 1.82) is 0 Å². The van der Waals surface area contributed by atoms with Crippen molar-refractivity contribution in [2.45, 2.75) is 66.3 Å². The van der Waals surface area contributed by atoms with Crippen molar-refractivity contribution in [3.8, 4) is 0 Å². The maximum atomic E-state index is 13.9. The molecule has 0 N–H and O–H groups in total. The molecule has 3 nitrogen and oxygen atoms in total.